The lowest BCUT2D eigenvalue weighted by Crippen LogP contribution is -2.17. The summed E-state index contributed by atoms with van der Waals surface area (Å²) in [5.74, 6) is 0.637. The Morgan fingerprint density at radius 3 is 2.65 bits per heavy atom. The van der Waals surface area contributed by atoms with Gasteiger partial charge in [-0.25, -0.2) is 4.98 Å². The highest BCUT2D eigenvalue weighted by Crippen LogP contribution is 2.32. The zero-order chi connectivity index (χ0) is 14.7. The van der Waals surface area contributed by atoms with E-state index in [9.17, 15) is 10.1 Å². The van der Waals surface area contributed by atoms with Crippen LogP contribution in [0.3, 0.4) is 0 Å². The Hall–Kier alpha value is -1.95. The van der Waals surface area contributed by atoms with Crippen molar-refractivity contribution in [1.29, 1.82) is 0 Å². The zero-order valence-corrected chi connectivity index (χ0v) is 12.5. The Morgan fingerprint density at radius 1 is 1.35 bits per heavy atom. The summed E-state index contributed by atoms with van der Waals surface area (Å²) < 4.78 is 0. The summed E-state index contributed by atoms with van der Waals surface area (Å²) in [6, 6.07) is 7.18. The minimum Gasteiger partial charge on any atom is -0.356 e. The first-order valence-electron chi connectivity index (χ1n) is 6.41. The molecule has 0 saturated heterocycles. The summed E-state index contributed by atoms with van der Waals surface area (Å²) in [4.78, 5) is 16.1. The minimum atomic E-state index is -0.402. The van der Waals surface area contributed by atoms with Gasteiger partial charge in [0.25, 0.3) is 0 Å². The van der Waals surface area contributed by atoms with Crippen molar-refractivity contribution in [1.82, 2.24) is 4.98 Å². The second-order valence-corrected chi connectivity index (χ2v) is 5.94. The zero-order valence-electron chi connectivity index (χ0n) is 11.7. The Bertz CT molecular complexity index is 596. The molecule has 0 aliphatic heterocycles. The van der Waals surface area contributed by atoms with Gasteiger partial charge in [0.2, 0.25) is 5.82 Å². The summed E-state index contributed by atoms with van der Waals surface area (Å²) in [5, 5.41) is 16.3. The van der Waals surface area contributed by atoms with Gasteiger partial charge in [-0.15, -0.1) is 11.3 Å². The van der Waals surface area contributed by atoms with Gasteiger partial charge in [-0.2, -0.15) is 0 Å². The Kier molecular flexibility index (Phi) is 4.34. The van der Waals surface area contributed by atoms with E-state index < -0.39 is 4.92 Å². The van der Waals surface area contributed by atoms with Crippen LogP contribution in [-0.4, -0.2) is 9.91 Å². The molecule has 0 radical (unpaired) electrons. The minimum absolute atomic E-state index is 0.0119. The average molecular weight is 291 g/mol. The van der Waals surface area contributed by atoms with Gasteiger partial charge < -0.3 is 5.32 Å². The molecule has 106 valence electrons. The molecule has 0 aromatic carbocycles. The Morgan fingerprint density at radius 2 is 2.10 bits per heavy atom. The van der Waals surface area contributed by atoms with E-state index >= 15 is 0 Å². The largest absolute Gasteiger partial charge is 0.356 e. The number of aromatic nitrogens is 1. The van der Waals surface area contributed by atoms with Gasteiger partial charge in [0.1, 0.15) is 0 Å². The van der Waals surface area contributed by atoms with Crippen molar-refractivity contribution in [2.24, 2.45) is 5.92 Å². The number of nitro groups is 1. The maximum absolute atomic E-state index is 11.1. The standard InChI is InChI=1S/C14H17N3O2S/c1-9(2)13(12-5-4-8-20-12)16-14-11(17(18)19)7-6-10(3)15-14/h4-9,13H,1-3H3,(H,15,16). The van der Waals surface area contributed by atoms with Crippen LogP contribution in [0, 0.1) is 23.0 Å². The first-order valence-corrected chi connectivity index (χ1v) is 7.29. The number of aryl methyl sites for hydroxylation is 1. The molecule has 2 rings (SSSR count). The van der Waals surface area contributed by atoms with Crippen LogP contribution in [0.15, 0.2) is 29.6 Å². The van der Waals surface area contributed by atoms with Gasteiger partial charge in [-0.1, -0.05) is 19.9 Å². The summed E-state index contributed by atoms with van der Waals surface area (Å²) in [5.41, 5.74) is 0.768. The van der Waals surface area contributed by atoms with E-state index in [1.54, 1.807) is 17.4 Å². The van der Waals surface area contributed by atoms with Crippen molar-refractivity contribution in [2.75, 3.05) is 5.32 Å². The molecule has 2 aromatic rings. The van der Waals surface area contributed by atoms with E-state index in [0.717, 1.165) is 10.6 Å². The molecular weight excluding hydrogens is 274 g/mol. The van der Waals surface area contributed by atoms with Crippen LogP contribution in [0.2, 0.25) is 0 Å². The molecule has 0 bridgehead atoms. The van der Waals surface area contributed by atoms with Crippen LogP contribution < -0.4 is 5.32 Å². The number of anilines is 1. The van der Waals surface area contributed by atoms with Crippen molar-refractivity contribution in [3.8, 4) is 0 Å². The van der Waals surface area contributed by atoms with Gasteiger partial charge in [0, 0.05) is 16.6 Å². The number of nitrogens with zero attached hydrogens (tertiary/aromatic N) is 2. The normalized spacial score (nSPS) is 12.4. The molecule has 0 aliphatic carbocycles. The second kappa shape index (κ2) is 6.00. The van der Waals surface area contributed by atoms with Crippen LogP contribution in [0.5, 0.6) is 0 Å². The van der Waals surface area contributed by atoms with E-state index in [1.807, 2.05) is 24.4 Å². The number of rotatable bonds is 5. The molecule has 0 spiro atoms. The first kappa shape index (κ1) is 14.5. The highest BCUT2D eigenvalue weighted by molar-refractivity contribution is 7.10. The van der Waals surface area contributed by atoms with Crippen LogP contribution >= 0.6 is 11.3 Å². The van der Waals surface area contributed by atoms with E-state index in [0.29, 0.717) is 11.7 Å². The summed E-state index contributed by atoms with van der Waals surface area (Å²) in [6.07, 6.45) is 0. The molecule has 20 heavy (non-hydrogen) atoms. The third-order valence-corrected chi connectivity index (χ3v) is 3.97. The fourth-order valence-electron chi connectivity index (χ4n) is 1.98. The molecule has 0 aliphatic rings. The molecule has 0 fully saturated rings. The Labute approximate surface area is 121 Å². The number of hydrogen-bond acceptors (Lipinski definition) is 5. The number of nitrogens with one attached hydrogen (secondary N) is 1. The van der Waals surface area contributed by atoms with Crippen LogP contribution in [0.25, 0.3) is 0 Å². The average Bonchev–Trinajstić information content (AvgIpc) is 2.88. The molecule has 5 nitrogen and oxygen atoms in total. The summed E-state index contributed by atoms with van der Waals surface area (Å²) in [7, 11) is 0. The molecule has 0 saturated carbocycles. The van der Waals surface area contributed by atoms with Crippen molar-refractivity contribution in [3.63, 3.8) is 0 Å². The predicted octanol–water partition coefficient (Wildman–Crippen LogP) is 4.17. The fourth-order valence-corrected chi connectivity index (χ4v) is 2.93. The monoisotopic (exact) mass is 291 g/mol. The Balaban J connectivity index is 2.36. The number of hydrogen-bond donors (Lipinski definition) is 1. The fraction of sp³-hybridized carbons (Fsp3) is 0.357. The number of pyridine rings is 1. The van der Waals surface area contributed by atoms with Crippen LogP contribution in [0.1, 0.15) is 30.5 Å². The van der Waals surface area contributed by atoms with Gasteiger partial charge >= 0.3 is 5.69 Å². The lowest BCUT2D eigenvalue weighted by atomic mass is 10.0. The molecule has 6 heteroatoms. The van der Waals surface area contributed by atoms with Gasteiger partial charge in [0.05, 0.1) is 11.0 Å². The smallest absolute Gasteiger partial charge is 0.311 e. The molecule has 2 aromatic heterocycles. The molecule has 1 atom stereocenters. The van der Waals surface area contributed by atoms with Crippen molar-refractivity contribution < 1.29 is 4.92 Å². The van der Waals surface area contributed by atoms with E-state index in [2.05, 4.69) is 24.1 Å². The number of thiophene rings is 1. The van der Waals surface area contributed by atoms with Crippen LogP contribution in [0.4, 0.5) is 11.5 Å². The quantitative estimate of drug-likeness (QED) is 0.663. The van der Waals surface area contributed by atoms with Crippen molar-refractivity contribution in [3.05, 3.63) is 50.3 Å². The van der Waals surface area contributed by atoms with E-state index in [1.165, 1.54) is 6.07 Å². The molecule has 1 N–H and O–H groups in total. The van der Waals surface area contributed by atoms with E-state index in [4.69, 9.17) is 0 Å². The van der Waals surface area contributed by atoms with Gasteiger partial charge in [-0.3, -0.25) is 10.1 Å². The third-order valence-electron chi connectivity index (χ3n) is 3.02. The van der Waals surface area contributed by atoms with Crippen LogP contribution in [-0.2, 0) is 0 Å². The second-order valence-electron chi connectivity index (χ2n) is 4.96. The maximum atomic E-state index is 11.1. The first-order chi connectivity index (χ1) is 9.49. The lowest BCUT2D eigenvalue weighted by molar-refractivity contribution is -0.384. The van der Waals surface area contributed by atoms with Crippen molar-refractivity contribution in [2.45, 2.75) is 26.8 Å². The van der Waals surface area contributed by atoms with Gasteiger partial charge in [0.15, 0.2) is 0 Å². The van der Waals surface area contributed by atoms with Gasteiger partial charge in [-0.05, 0) is 30.4 Å². The topological polar surface area (TPSA) is 68.1 Å². The molecule has 0 amide bonds. The van der Waals surface area contributed by atoms with E-state index in [-0.39, 0.29) is 11.7 Å². The SMILES string of the molecule is Cc1ccc([N+](=O)[O-])c(NC(c2cccs2)C(C)C)n1. The molecule has 2 heterocycles. The molecular formula is C14H17N3O2S. The highest BCUT2D eigenvalue weighted by Gasteiger charge is 2.22. The third kappa shape index (κ3) is 3.14. The highest BCUT2D eigenvalue weighted by atomic mass is 32.1. The predicted molar refractivity (Wildman–Crippen MR) is 81.1 cm³/mol. The summed E-state index contributed by atoms with van der Waals surface area (Å²) in [6.45, 7) is 5.99. The maximum Gasteiger partial charge on any atom is 0.311 e. The molecule has 1 unspecified atom stereocenters. The summed E-state index contributed by atoms with van der Waals surface area (Å²) >= 11 is 1.64. The lowest BCUT2D eigenvalue weighted by Gasteiger charge is -2.21. The van der Waals surface area contributed by atoms with Crippen molar-refractivity contribution >= 4 is 22.8 Å².